The first-order valence-electron chi connectivity index (χ1n) is 5.43. The highest BCUT2D eigenvalue weighted by Gasteiger charge is 2.12. The van der Waals surface area contributed by atoms with E-state index in [4.69, 9.17) is 0 Å². The molecule has 0 bridgehead atoms. The summed E-state index contributed by atoms with van der Waals surface area (Å²) in [7, 11) is 0. The van der Waals surface area contributed by atoms with Crippen LogP contribution in [0, 0.1) is 0 Å². The molecule has 0 aliphatic carbocycles. The van der Waals surface area contributed by atoms with Gasteiger partial charge in [-0.1, -0.05) is 0 Å². The van der Waals surface area contributed by atoms with Gasteiger partial charge in [0.15, 0.2) is 0 Å². The van der Waals surface area contributed by atoms with Crippen LogP contribution >= 0.6 is 15.9 Å². The lowest BCUT2D eigenvalue weighted by atomic mass is 10.1. The number of nitrogens with one attached hydrogen (secondary N) is 2. The SMILES string of the molecule is Brc1ccc(NCCC2CCCN2)nc1. The quantitative estimate of drug-likeness (QED) is 0.882. The first-order chi connectivity index (χ1) is 7.34. The van der Waals surface area contributed by atoms with E-state index in [-0.39, 0.29) is 0 Å². The van der Waals surface area contributed by atoms with Crippen LogP contribution < -0.4 is 10.6 Å². The summed E-state index contributed by atoms with van der Waals surface area (Å²) in [6, 6.07) is 4.70. The summed E-state index contributed by atoms with van der Waals surface area (Å²) in [6.07, 6.45) is 5.63. The van der Waals surface area contributed by atoms with Crippen molar-refractivity contribution in [1.82, 2.24) is 10.3 Å². The maximum atomic E-state index is 4.26. The van der Waals surface area contributed by atoms with Crippen molar-refractivity contribution in [1.29, 1.82) is 0 Å². The van der Waals surface area contributed by atoms with Crippen LogP contribution in [0.15, 0.2) is 22.8 Å². The predicted molar refractivity (Wildman–Crippen MR) is 66.1 cm³/mol. The number of halogens is 1. The van der Waals surface area contributed by atoms with Gasteiger partial charge in [0, 0.05) is 23.3 Å². The van der Waals surface area contributed by atoms with Crippen LogP contribution in [0.5, 0.6) is 0 Å². The maximum absolute atomic E-state index is 4.26. The normalized spacial score (nSPS) is 20.5. The van der Waals surface area contributed by atoms with Crippen molar-refractivity contribution < 1.29 is 0 Å². The molecule has 1 aromatic rings. The number of hydrogen-bond acceptors (Lipinski definition) is 3. The van der Waals surface area contributed by atoms with E-state index in [9.17, 15) is 0 Å². The number of rotatable bonds is 4. The van der Waals surface area contributed by atoms with Crippen LogP contribution in [-0.2, 0) is 0 Å². The van der Waals surface area contributed by atoms with Gasteiger partial charge in [-0.2, -0.15) is 0 Å². The Hall–Kier alpha value is -0.610. The Morgan fingerprint density at radius 3 is 3.13 bits per heavy atom. The lowest BCUT2D eigenvalue weighted by Gasteiger charge is -2.10. The third kappa shape index (κ3) is 3.47. The zero-order chi connectivity index (χ0) is 10.5. The van der Waals surface area contributed by atoms with Gasteiger partial charge in [0.05, 0.1) is 0 Å². The van der Waals surface area contributed by atoms with Crippen LogP contribution in [0.1, 0.15) is 19.3 Å². The van der Waals surface area contributed by atoms with Gasteiger partial charge in [-0.25, -0.2) is 4.98 Å². The van der Waals surface area contributed by atoms with E-state index in [2.05, 4.69) is 31.5 Å². The monoisotopic (exact) mass is 269 g/mol. The first kappa shape index (κ1) is 10.9. The third-order valence-corrected chi connectivity index (χ3v) is 3.16. The molecule has 0 saturated carbocycles. The average molecular weight is 270 g/mol. The molecule has 82 valence electrons. The zero-order valence-corrected chi connectivity index (χ0v) is 10.3. The van der Waals surface area contributed by atoms with Crippen molar-refractivity contribution in [3.05, 3.63) is 22.8 Å². The Morgan fingerprint density at radius 1 is 1.53 bits per heavy atom. The van der Waals surface area contributed by atoms with E-state index in [1.807, 2.05) is 18.3 Å². The predicted octanol–water partition coefficient (Wildman–Crippen LogP) is 2.40. The second-order valence-electron chi connectivity index (χ2n) is 3.87. The van der Waals surface area contributed by atoms with Gasteiger partial charge >= 0.3 is 0 Å². The second kappa shape index (κ2) is 5.47. The van der Waals surface area contributed by atoms with E-state index in [1.54, 1.807) is 0 Å². The molecule has 15 heavy (non-hydrogen) atoms. The molecule has 1 aliphatic rings. The van der Waals surface area contributed by atoms with Crippen LogP contribution in [0.2, 0.25) is 0 Å². The summed E-state index contributed by atoms with van der Waals surface area (Å²) in [5, 5.41) is 6.81. The van der Waals surface area contributed by atoms with E-state index < -0.39 is 0 Å². The summed E-state index contributed by atoms with van der Waals surface area (Å²) in [6.45, 7) is 2.17. The first-order valence-corrected chi connectivity index (χ1v) is 6.23. The molecule has 2 rings (SSSR count). The summed E-state index contributed by atoms with van der Waals surface area (Å²) in [5.74, 6) is 0.955. The van der Waals surface area contributed by atoms with Crippen molar-refractivity contribution in [3.63, 3.8) is 0 Å². The van der Waals surface area contributed by atoms with Gasteiger partial charge in [-0.05, 0) is 53.9 Å². The fourth-order valence-electron chi connectivity index (χ4n) is 1.86. The minimum absolute atomic E-state index is 0.702. The van der Waals surface area contributed by atoms with Crippen molar-refractivity contribution in [2.75, 3.05) is 18.4 Å². The number of hydrogen-bond donors (Lipinski definition) is 2. The van der Waals surface area contributed by atoms with Crippen molar-refractivity contribution in [2.45, 2.75) is 25.3 Å². The van der Waals surface area contributed by atoms with Gasteiger partial charge < -0.3 is 10.6 Å². The fourth-order valence-corrected chi connectivity index (χ4v) is 2.09. The molecule has 3 nitrogen and oxygen atoms in total. The van der Waals surface area contributed by atoms with Gasteiger partial charge in [-0.3, -0.25) is 0 Å². The molecule has 1 aliphatic heterocycles. The molecule has 1 atom stereocenters. The molecule has 0 aromatic carbocycles. The number of anilines is 1. The Bertz CT molecular complexity index is 293. The molecule has 2 N–H and O–H groups in total. The van der Waals surface area contributed by atoms with E-state index in [0.29, 0.717) is 6.04 Å². The van der Waals surface area contributed by atoms with Crippen LogP contribution in [0.25, 0.3) is 0 Å². The Kier molecular flexibility index (Phi) is 3.97. The Labute approximate surface area is 98.8 Å². The van der Waals surface area contributed by atoms with Crippen LogP contribution in [0.4, 0.5) is 5.82 Å². The van der Waals surface area contributed by atoms with E-state index in [0.717, 1.165) is 16.8 Å². The lowest BCUT2D eigenvalue weighted by Crippen LogP contribution is -2.24. The van der Waals surface area contributed by atoms with Crippen molar-refractivity contribution in [2.24, 2.45) is 0 Å². The molecule has 1 aromatic heterocycles. The number of aromatic nitrogens is 1. The van der Waals surface area contributed by atoms with Crippen molar-refractivity contribution >= 4 is 21.7 Å². The smallest absolute Gasteiger partial charge is 0.125 e. The topological polar surface area (TPSA) is 37.0 Å². The van der Waals surface area contributed by atoms with Gasteiger partial charge in [0.1, 0.15) is 5.82 Å². The average Bonchev–Trinajstić information content (AvgIpc) is 2.74. The molecule has 0 amide bonds. The van der Waals surface area contributed by atoms with Crippen LogP contribution in [-0.4, -0.2) is 24.1 Å². The highest BCUT2D eigenvalue weighted by atomic mass is 79.9. The summed E-state index contributed by atoms with van der Waals surface area (Å²) in [5.41, 5.74) is 0. The standard InChI is InChI=1S/C11H16BrN3/c12-9-3-4-11(15-8-9)14-7-5-10-2-1-6-13-10/h3-4,8,10,13H,1-2,5-7H2,(H,14,15). The van der Waals surface area contributed by atoms with E-state index in [1.165, 1.54) is 25.8 Å². The van der Waals surface area contributed by atoms with Gasteiger partial charge in [-0.15, -0.1) is 0 Å². The maximum Gasteiger partial charge on any atom is 0.125 e. The lowest BCUT2D eigenvalue weighted by molar-refractivity contribution is 0.574. The molecule has 1 fully saturated rings. The minimum Gasteiger partial charge on any atom is -0.370 e. The van der Waals surface area contributed by atoms with Gasteiger partial charge in [0.2, 0.25) is 0 Å². The summed E-state index contributed by atoms with van der Waals surface area (Å²) in [4.78, 5) is 4.26. The number of pyridine rings is 1. The van der Waals surface area contributed by atoms with E-state index >= 15 is 0 Å². The second-order valence-corrected chi connectivity index (χ2v) is 4.79. The zero-order valence-electron chi connectivity index (χ0n) is 8.67. The molecular formula is C11H16BrN3. The summed E-state index contributed by atoms with van der Waals surface area (Å²) >= 11 is 3.37. The molecule has 1 saturated heterocycles. The molecular weight excluding hydrogens is 254 g/mol. The summed E-state index contributed by atoms with van der Waals surface area (Å²) < 4.78 is 1.02. The van der Waals surface area contributed by atoms with Crippen LogP contribution in [0.3, 0.4) is 0 Å². The highest BCUT2D eigenvalue weighted by Crippen LogP contribution is 2.12. The molecule has 0 spiro atoms. The molecule has 1 unspecified atom stereocenters. The van der Waals surface area contributed by atoms with Gasteiger partial charge in [0.25, 0.3) is 0 Å². The molecule has 4 heteroatoms. The fraction of sp³-hybridized carbons (Fsp3) is 0.545. The highest BCUT2D eigenvalue weighted by molar-refractivity contribution is 9.10. The molecule has 2 heterocycles. The number of nitrogens with zero attached hydrogens (tertiary/aromatic N) is 1. The minimum atomic E-state index is 0.702. The Morgan fingerprint density at radius 2 is 2.47 bits per heavy atom. The molecule has 0 radical (unpaired) electrons. The Balaban J connectivity index is 1.71. The largest absolute Gasteiger partial charge is 0.370 e. The third-order valence-electron chi connectivity index (χ3n) is 2.69. The van der Waals surface area contributed by atoms with Crippen molar-refractivity contribution in [3.8, 4) is 0 Å².